The van der Waals surface area contributed by atoms with E-state index >= 15 is 0 Å². The number of benzene rings is 2. The number of nitrogens with zero attached hydrogens (tertiary/aromatic N) is 2. The standard InChI is InChI=1S/C22H17F2N3O3/c23-15-5-1-13(2-6-15)11-27-12-18(21(28)14-3-7-16(24)8-4-14)17-9-19(22(29)26-30)25-10-20(17)27/h1-10,12,21,28,30H,11H2,(H,26,29). The van der Waals surface area contributed by atoms with Crippen molar-refractivity contribution in [1.29, 1.82) is 0 Å². The lowest BCUT2D eigenvalue weighted by Crippen LogP contribution is -2.19. The van der Waals surface area contributed by atoms with E-state index in [0.717, 1.165) is 5.56 Å². The molecule has 0 spiro atoms. The van der Waals surface area contributed by atoms with Gasteiger partial charge in [-0.3, -0.25) is 10.0 Å². The Labute approximate surface area is 170 Å². The third-order valence-corrected chi connectivity index (χ3v) is 4.88. The second-order valence-electron chi connectivity index (χ2n) is 6.82. The molecule has 2 heterocycles. The van der Waals surface area contributed by atoms with Crippen LogP contribution in [-0.4, -0.2) is 25.8 Å². The van der Waals surface area contributed by atoms with Crippen molar-refractivity contribution in [3.8, 4) is 0 Å². The van der Waals surface area contributed by atoms with Crippen molar-refractivity contribution in [3.63, 3.8) is 0 Å². The Kier molecular flexibility index (Phi) is 5.26. The number of aromatic nitrogens is 2. The van der Waals surface area contributed by atoms with Crippen molar-refractivity contribution in [2.24, 2.45) is 0 Å². The van der Waals surface area contributed by atoms with Gasteiger partial charge >= 0.3 is 0 Å². The third-order valence-electron chi connectivity index (χ3n) is 4.88. The van der Waals surface area contributed by atoms with Gasteiger partial charge in [0.1, 0.15) is 23.4 Å². The molecule has 2 aromatic carbocycles. The van der Waals surface area contributed by atoms with Crippen LogP contribution in [0.1, 0.15) is 33.3 Å². The van der Waals surface area contributed by atoms with Crippen LogP contribution in [0.25, 0.3) is 10.9 Å². The second kappa shape index (κ2) is 8.02. The minimum Gasteiger partial charge on any atom is -0.384 e. The Morgan fingerprint density at radius 1 is 1.07 bits per heavy atom. The maximum Gasteiger partial charge on any atom is 0.293 e. The van der Waals surface area contributed by atoms with Crippen molar-refractivity contribution < 1.29 is 23.9 Å². The van der Waals surface area contributed by atoms with Crippen molar-refractivity contribution >= 4 is 16.8 Å². The largest absolute Gasteiger partial charge is 0.384 e. The van der Waals surface area contributed by atoms with E-state index in [2.05, 4.69) is 4.98 Å². The molecule has 0 saturated heterocycles. The lowest BCUT2D eigenvalue weighted by atomic mass is 10.0. The molecule has 152 valence electrons. The molecule has 0 aliphatic heterocycles. The summed E-state index contributed by atoms with van der Waals surface area (Å²) in [4.78, 5) is 15.9. The first kappa shape index (κ1) is 19.7. The number of aliphatic hydroxyl groups excluding tert-OH is 1. The summed E-state index contributed by atoms with van der Waals surface area (Å²) in [6.07, 6.45) is 2.09. The number of hydrogen-bond acceptors (Lipinski definition) is 4. The molecule has 0 aliphatic rings. The van der Waals surface area contributed by atoms with E-state index in [1.54, 1.807) is 18.3 Å². The van der Waals surface area contributed by atoms with Crippen LogP contribution < -0.4 is 5.48 Å². The predicted molar refractivity (Wildman–Crippen MR) is 105 cm³/mol. The number of amides is 1. The van der Waals surface area contributed by atoms with Gasteiger partial charge in [0.2, 0.25) is 0 Å². The summed E-state index contributed by atoms with van der Waals surface area (Å²) in [5.74, 6) is -1.55. The van der Waals surface area contributed by atoms with Crippen LogP contribution in [0.5, 0.6) is 0 Å². The molecular formula is C22H17F2N3O3. The van der Waals surface area contributed by atoms with Gasteiger partial charge in [0.25, 0.3) is 5.91 Å². The van der Waals surface area contributed by atoms with Gasteiger partial charge in [-0.05, 0) is 41.5 Å². The Bertz CT molecular complexity index is 1210. The maximum absolute atomic E-state index is 13.3. The zero-order valence-electron chi connectivity index (χ0n) is 15.6. The van der Waals surface area contributed by atoms with Crippen molar-refractivity contribution in [2.75, 3.05) is 0 Å². The number of aliphatic hydroxyl groups is 1. The number of carbonyl (C=O) groups is 1. The number of hydrogen-bond donors (Lipinski definition) is 3. The highest BCUT2D eigenvalue weighted by Crippen LogP contribution is 2.31. The summed E-state index contributed by atoms with van der Waals surface area (Å²) in [7, 11) is 0. The van der Waals surface area contributed by atoms with Gasteiger partial charge in [0.15, 0.2) is 0 Å². The number of nitrogens with one attached hydrogen (secondary N) is 1. The van der Waals surface area contributed by atoms with Gasteiger partial charge < -0.3 is 9.67 Å². The van der Waals surface area contributed by atoms with Gasteiger partial charge in [-0.1, -0.05) is 24.3 Å². The molecule has 1 unspecified atom stereocenters. The number of rotatable bonds is 5. The molecular weight excluding hydrogens is 392 g/mol. The summed E-state index contributed by atoms with van der Waals surface area (Å²) < 4.78 is 28.3. The van der Waals surface area contributed by atoms with Gasteiger partial charge in [-0.2, -0.15) is 0 Å². The highest BCUT2D eigenvalue weighted by atomic mass is 19.1. The maximum atomic E-state index is 13.3. The van der Waals surface area contributed by atoms with Gasteiger partial charge in [0.05, 0.1) is 11.7 Å². The summed E-state index contributed by atoms with van der Waals surface area (Å²) in [6, 6.07) is 12.9. The molecule has 1 atom stereocenters. The molecule has 0 bridgehead atoms. The quantitative estimate of drug-likeness (QED) is 0.347. The average Bonchev–Trinajstić information content (AvgIpc) is 3.12. The first-order chi connectivity index (χ1) is 14.5. The lowest BCUT2D eigenvalue weighted by Gasteiger charge is -2.10. The molecule has 0 saturated carbocycles. The number of fused-ring (bicyclic) bond motifs is 1. The number of hydroxylamine groups is 1. The van der Waals surface area contributed by atoms with Gasteiger partial charge in [0, 0.05) is 23.7 Å². The Hall–Kier alpha value is -3.62. The van der Waals surface area contributed by atoms with Crippen LogP contribution in [0, 0.1) is 11.6 Å². The monoisotopic (exact) mass is 409 g/mol. The van der Waals surface area contributed by atoms with Crippen LogP contribution in [0.15, 0.2) is 67.0 Å². The second-order valence-corrected chi connectivity index (χ2v) is 6.82. The molecule has 8 heteroatoms. The van der Waals surface area contributed by atoms with E-state index in [9.17, 15) is 18.7 Å². The van der Waals surface area contributed by atoms with Gasteiger partial charge in [-0.25, -0.2) is 19.2 Å². The first-order valence-corrected chi connectivity index (χ1v) is 9.07. The van der Waals surface area contributed by atoms with Gasteiger partial charge in [-0.15, -0.1) is 0 Å². The third kappa shape index (κ3) is 3.78. The normalized spacial score (nSPS) is 12.1. The predicted octanol–water partition coefficient (Wildman–Crippen LogP) is 3.56. The zero-order valence-corrected chi connectivity index (χ0v) is 15.6. The summed E-state index contributed by atoms with van der Waals surface area (Å²) in [5, 5.41) is 20.4. The van der Waals surface area contributed by atoms with Crippen LogP contribution in [-0.2, 0) is 6.54 Å². The number of pyridine rings is 1. The molecule has 1 amide bonds. The van der Waals surface area contributed by atoms with E-state index in [1.165, 1.54) is 54.1 Å². The molecule has 6 nitrogen and oxygen atoms in total. The molecule has 4 aromatic rings. The first-order valence-electron chi connectivity index (χ1n) is 9.07. The van der Waals surface area contributed by atoms with E-state index in [0.29, 0.717) is 28.6 Å². The Morgan fingerprint density at radius 3 is 2.33 bits per heavy atom. The number of carbonyl (C=O) groups excluding carboxylic acids is 1. The highest BCUT2D eigenvalue weighted by molar-refractivity contribution is 5.96. The fourth-order valence-electron chi connectivity index (χ4n) is 3.36. The Morgan fingerprint density at radius 2 is 1.70 bits per heavy atom. The van der Waals surface area contributed by atoms with Crippen molar-refractivity contribution in [2.45, 2.75) is 12.6 Å². The smallest absolute Gasteiger partial charge is 0.293 e. The Balaban J connectivity index is 1.83. The lowest BCUT2D eigenvalue weighted by molar-refractivity contribution is 0.0701. The molecule has 0 radical (unpaired) electrons. The van der Waals surface area contributed by atoms with E-state index in [4.69, 9.17) is 5.21 Å². The van der Waals surface area contributed by atoms with Crippen LogP contribution in [0.4, 0.5) is 8.78 Å². The molecule has 0 aliphatic carbocycles. The fraction of sp³-hybridized carbons (Fsp3) is 0.0909. The average molecular weight is 409 g/mol. The minimum atomic E-state index is -1.09. The molecule has 2 aromatic heterocycles. The van der Waals surface area contributed by atoms with E-state index in [-0.39, 0.29) is 11.5 Å². The molecule has 4 rings (SSSR count). The van der Waals surface area contributed by atoms with Crippen molar-refractivity contribution in [1.82, 2.24) is 15.0 Å². The van der Waals surface area contributed by atoms with Crippen LogP contribution in [0.3, 0.4) is 0 Å². The number of halogens is 2. The molecule has 0 fully saturated rings. The summed E-state index contributed by atoms with van der Waals surface area (Å²) in [5.41, 5.74) is 3.92. The van der Waals surface area contributed by atoms with E-state index < -0.39 is 17.8 Å². The van der Waals surface area contributed by atoms with Crippen LogP contribution in [0.2, 0.25) is 0 Å². The van der Waals surface area contributed by atoms with E-state index in [1.807, 2.05) is 4.57 Å². The summed E-state index contributed by atoms with van der Waals surface area (Å²) >= 11 is 0. The van der Waals surface area contributed by atoms with Crippen molar-refractivity contribution in [3.05, 3.63) is 101 Å². The van der Waals surface area contributed by atoms with Crippen LogP contribution >= 0.6 is 0 Å². The molecule has 3 N–H and O–H groups in total. The zero-order chi connectivity index (χ0) is 21.3. The highest BCUT2D eigenvalue weighted by Gasteiger charge is 2.20. The molecule has 30 heavy (non-hydrogen) atoms. The fourth-order valence-corrected chi connectivity index (χ4v) is 3.36. The minimum absolute atomic E-state index is 0.0305. The SMILES string of the molecule is O=C(NO)c1cc2c(C(O)c3ccc(F)cc3)cn(Cc3ccc(F)cc3)c2cn1. The topological polar surface area (TPSA) is 87.4 Å². The summed E-state index contributed by atoms with van der Waals surface area (Å²) in [6.45, 7) is 0.375.